The number of rotatable bonds is 2. The molecule has 3 aromatic rings. The van der Waals surface area contributed by atoms with E-state index in [1.54, 1.807) is 6.07 Å². The molecule has 0 spiro atoms. The molecular formula is C14H11ClO2S. The second-order valence-electron chi connectivity index (χ2n) is 4.23. The first-order valence-corrected chi connectivity index (χ1v) is 6.76. The van der Waals surface area contributed by atoms with Crippen molar-refractivity contribution in [3.05, 3.63) is 56.9 Å². The van der Waals surface area contributed by atoms with Crippen molar-refractivity contribution in [2.75, 3.05) is 0 Å². The highest BCUT2D eigenvalue weighted by Crippen LogP contribution is 2.33. The lowest BCUT2D eigenvalue weighted by Crippen LogP contribution is -1.93. The maximum absolute atomic E-state index is 10.2. The van der Waals surface area contributed by atoms with Gasteiger partial charge in [-0.2, -0.15) is 0 Å². The maximum atomic E-state index is 10.2. The van der Waals surface area contributed by atoms with Crippen molar-refractivity contribution in [3.8, 4) is 0 Å². The predicted octanol–water partition coefficient (Wildman–Crippen LogP) is 4.54. The Morgan fingerprint density at radius 3 is 2.78 bits per heavy atom. The van der Waals surface area contributed by atoms with Crippen LogP contribution >= 0.6 is 22.9 Å². The average Bonchev–Trinajstić information content (AvgIpc) is 2.93. The third-order valence-corrected chi connectivity index (χ3v) is 4.11. The molecule has 0 saturated carbocycles. The van der Waals surface area contributed by atoms with Crippen LogP contribution in [0.4, 0.5) is 0 Å². The lowest BCUT2D eigenvalue weighted by atomic mass is 10.1. The number of aliphatic hydroxyl groups is 1. The number of fused-ring (bicyclic) bond motifs is 1. The lowest BCUT2D eigenvalue weighted by molar-refractivity contribution is 0.196. The zero-order chi connectivity index (χ0) is 12.7. The van der Waals surface area contributed by atoms with Gasteiger partial charge in [-0.05, 0) is 37.3 Å². The van der Waals surface area contributed by atoms with Crippen LogP contribution in [-0.4, -0.2) is 5.11 Å². The molecule has 18 heavy (non-hydrogen) atoms. The van der Waals surface area contributed by atoms with Gasteiger partial charge in [-0.3, -0.25) is 0 Å². The summed E-state index contributed by atoms with van der Waals surface area (Å²) < 4.78 is 6.33. The molecule has 1 atom stereocenters. The number of halogens is 1. The molecule has 1 unspecified atom stereocenters. The van der Waals surface area contributed by atoms with Crippen LogP contribution in [0.25, 0.3) is 11.0 Å². The molecule has 0 aliphatic rings. The molecule has 2 nitrogen and oxygen atoms in total. The fraction of sp³-hybridized carbons (Fsp3) is 0.143. The number of hydrogen-bond acceptors (Lipinski definition) is 3. The fourth-order valence-corrected chi connectivity index (χ4v) is 2.99. The van der Waals surface area contributed by atoms with Gasteiger partial charge in [0.25, 0.3) is 0 Å². The molecule has 0 amide bonds. The largest absolute Gasteiger partial charge is 0.458 e. The molecule has 1 aromatic carbocycles. The van der Waals surface area contributed by atoms with E-state index in [1.807, 2.05) is 37.3 Å². The summed E-state index contributed by atoms with van der Waals surface area (Å²) in [6.07, 6.45) is -0.754. The third kappa shape index (κ3) is 2.05. The highest BCUT2D eigenvalue weighted by Gasteiger charge is 2.17. The number of aryl methyl sites for hydroxylation is 1. The van der Waals surface area contributed by atoms with Gasteiger partial charge in [0, 0.05) is 10.3 Å². The van der Waals surface area contributed by atoms with E-state index in [9.17, 15) is 5.11 Å². The molecule has 0 saturated heterocycles. The minimum Gasteiger partial charge on any atom is -0.458 e. The lowest BCUT2D eigenvalue weighted by Gasteiger charge is -2.03. The van der Waals surface area contributed by atoms with E-state index in [2.05, 4.69) is 0 Å². The van der Waals surface area contributed by atoms with Gasteiger partial charge in [-0.25, -0.2) is 0 Å². The van der Waals surface area contributed by atoms with Crippen LogP contribution in [0.1, 0.15) is 22.3 Å². The zero-order valence-corrected chi connectivity index (χ0v) is 11.3. The summed E-state index contributed by atoms with van der Waals surface area (Å²) in [6, 6.07) is 11.4. The Hall–Kier alpha value is -1.29. The molecule has 3 rings (SSSR count). The van der Waals surface area contributed by atoms with Crippen molar-refractivity contribution in [3.63, 3.8) is 0 Å². The van der Waals surface area contributed by atoms with Gasteiger partial charge < -0.3 is 9.52 Å². The van der Waals surface area contributed by atoms with Crippen LogP contribution < -0.4 is 0 Å². The van der Waals surface area contributed by atoms with E-state index in [1.165, 1.54) is 16.9 Å². The molecule has 2 heterocycles. The summed E-state index contributed by atoms with van der Waals surface area (Å²) in [5, 5.41) is 11.2. The fourth-order valence-electron chi connectivity index (χ4n) is 1.93. The van der Waals surface area contributed by atoms with Gasteiger partial charge >= 0.3 is 0 Å². The minimum absolute atomic E-state index is 0.550. The Morgan fingerprint density at radius 1 is 1.22 bits per heavy atom. The van der Waals surface area contributed by atoms with Crippen LogP contribution in [0.3, 0.4) is 0 Å². The first kappa shape index (κ1) is 11.8. The Morgan fingerprint density at radius 2 is 2.06 bits per heavy atom. The molecule has 4 heteroatoms. The number of thiophene rings is 1. The summed E-state index contributed by atoms with van der Waals surface area (Å²) in [4.78, 5) is 0.788. The Bertz CT molecular complexity index is 699. The first-order valence-electron chi connectivity index (χ1n) is 5.57. The van der Waals surface area contributed by atoms with Crippen LogP contribution in [0.2, 0.25) is 4.34 Å². The van der Waals surface area contributed by atoms with Crippen molar-refractivity contribution in [1.29, 1.82) is 0 Å². The predicted molar refractivity (Wildman–Crippen MR) is 74.3 cm³/mol. The van der Waals surface area contributed by atoms with E-state index in [0.717, 1.165) is 15.8 Å². The smallest absolute Gasteiger partial charge is 0.146 e. The maximum Gasteiger partial charge on any atom is 0.146 e. The summed E-state index contributed by atoms with van der Waals surface area (Å²) in [7, 11) is 0. The second-order valence-corrected chi connectivity index (χ2v) is 5.98. The second kappa shape index (κ2) is 4.43. The van der Waals surface area contributed by atoms with Crippen LogP contribution in [-0.2, 0) is 0 Å². The van der Waals surface area contributed by atoms with Crippen molar-refractivity contribution in [2.45, 2.75) is 13.0 Å². The molecule has 92 valence electrons. The summed E-state index contributed by atoms with van der Waals surface area (Å²) >= 11 is 7.23. The van der Waals surface area contributed by atoms with Crippen LogP contribution in [0.5, 0.6) is 0 Å². The molecule has 0 aliphatic carbocycles. The monoisotopic (exact) mass is 278 g/mol. The summed E-state index contributed by atoms with van der Waals surface area (Å²) in [5.41, 5.74) is 1.96. The topological polar surface area (TPSA) is 33.4 Å². The van der Waals surface area contributed by atoms with Gasteiger partial charge in [-0.15, -0.1) is 11.3 Å². The van der Waals surface area contributed by atoms with Gasteiger partial charge in [0.1, 0.15) is 17.4 Å². The van der Waals surface area contributed by atoms with E-state index >= 15 is 0 Å². The summed E-state index contributed by atoms with van der Waals surface area (Å²) in [6.45, 7) is 2.03. The minimum atomic E-state index is -0.754. The average molecular weight is 279 g/mol. The molecule has 0 radical (unpaired) electrons. The molecular weight excluding hydrogens is 268 g/mol. The van der Waals surface area contributed by atoms with Crippen molar-refractivity contribution < 1.29 is 9.52 Å². The van der Waals surface area contributed by atoms with Gasteiger partial charge in [0.2, 0.25) is 0 Å². The number of aliphatic hydroxyl groups excluding tert-OH is 1. The Balaban J connectivity index is 2.03. The van der Waals surface area contributed by atoms with Gasteiger partial charge in [0.15, 0.2) is 0 Å². The van der Waals surface area contributed by atoms with E-state index < -0.39 is 6.10 Å². The van der Waals surface area contributed by atoms with Crippen LogP contribution in [0.15, 0.2) is 40.8 Å². The molecule has 0 bridgehead atoms. The van der Waals surface area contributed by atoms with E-state index in [4.69, 9.17) is 16.0 Å². The van der Waals surface area contributed by atoms with Crippen LogP contribution in [0, 0.1) is 6.92 Å². The van der Waals surface area contributed by atoms with Crippen molar-refractivity contribution in [2.24, 2.45) is 0 Å². The van der Waals surface area contributed by atoms with Crippen molar-refractivity contribution in [1.82, 2.24) is 0 Å². The van der Waals surface area contributed by atoms with Gasteiger partial charge in [-0.1, -0.05) is 23.2 Å². The summed E-state index contributed by atoms with van der Waals surface area (Å²) in [5.74, 6) is 0.550. The van der Waals surface area contributed by atoms with Gasteiger partial charge in [0.05, 0.1) is 4.34 Å². The number of hydrogen-bond donors (Lipinski definition) is 1. The van der Waals surface area contributed by atoms with Crippen molar-refractivity contribution >= 4 is 33.9 Å². The molecule has 1 N–H and O–H groups in total. The van der Waals surface area contributed by atoms with E-state index in [0.29, 0.717) is 10.1 Å². The standard InChI is InChI=1S/C14H11ClO2S/c1-8-2-3-10-9(6-8)7-11(17-10)14(16)12-4-5-13(15)18-12/h2-7,14,16H,1H3. The number of furan rings is 1. The number of benzene rings is 1. The zero-order valence-electron chi connectivity index (χ0n) is 9.68. The van der Waals surface area contributed by atoms with E-state index in [-0.39, 0.29) is 0 Å². The highest BCUT2D eigenvalue weighted by molar-refractivity contribution is 7.16. The SMILES string of the molecule is Cc1ccc2oc(C(O)c3ccc(Cl)s3)cc2c1. The third-order valence-electron chi connectivity index (χ3n) is 2.82. The quantitative estimate of drug-likeness (QED) is 0.747. The molecule has 2 aromatic heterocycles. The molecule has 0 aliphatic heterocycles. The highest BCUT2D eigenvalue weighted by atomic mass is 35.5. The molecule has 0 fully saturated rings. The Kier molecular flexibility index (Phi) is 2.90. The Labute approximate surface area is 113 Å². The normalized spacial score (nSPS) is 13.1. The first-order chi connectivity index (χ1) is 8.63.